The summed E-state index contributed by atoms with van der Waals surface area (Å²) in [4.78, 5) is 0. The van der Waals surface area contributed by atoms with E-state index >= 15 is 0 Å². The second-order valence-corrected chi connectivity index (χ2v) is 5.60. The van der Waals surface area contributed by atoms with E-state index in [-0.39, 0.29) is 0 Å². The minimum absolute atomic E-state index is 0.635. The zero-order valence-corrected chi connectivity index (χ0v) is 12.8. The van der Waals surface area contributed by atoms with Crippen LogP contribution in [0.1, 0.15) is 18.2 Å². The molecular weight excluding hydrogens is 291 g/mol. The molecule has 1 aromatic carbocycles. The van der Waals surface area contributed by atoms with Crippen molar-refractivity contribution in [3.63, 3.8) is 0 Å². The van der Waals surface area contributed by atoms with Crippen molar-refractivity contribution in [1.29, 1.82) is 0 Å². The number of aromatic nitrogens is 2. The van der Waals surface area contributed by atoms with E-state index in [9.17, 15) is 0 Å². The summed E-state index contributed by atoms with van der Waals surface area (Å²) in [5.74, 6) is 0. The van der Waals surface area contributed by atoms with Crippen molar-refractivity contribution in [2.75, 3.05) is 0 Å². The van der Waals surface area contributed by atoms with Gasteiger partial charge in [-0.2, -0.15) is 5.10 Å². The third-order valence-electron chi connectivity index (χ3n) is 3.54. The predicted octanol–water partition coefficient (Wildman–Crippen LogP) is 5.18. The van der Waals surface area contributed by atoms with Crippen molar-refractivity contribution >= 4 is 28.7 Å². The van der Waals surface area contributed by atoms with Gasteiger partial charge in [0.2, 0.25) is 0 Å². The van der Waals surface area contributed by atoms with E-state index in [2.05, 4.69) is 19.9 Å². The van der Waals surface area contributed by atoms with Crippen LogP contribution in [-0.2, 0) is 6.42 Å². The lowest BCUT2D eigenvalue weighted by molar-refractivity contribution is 0.901. The molecule has 3 aromatic rings. The van der Waals surface area contributed by atoms with Crippen LogP contribution in [-0.4, -0.2) is 9.61 Å². The van der Waals surface area contributed by atoms with E-state index in [4.69, 9.17) is 28.3 Å². The summed E-state index contributed by atoms with van der Waals surface area (Å²) in [7, 11) is 0. The maximum atomic E-state index is 6.32. The van der Waals surface area contributed by atoms with Gasteiger partial charge in [0.15, 0.2) is 0 Å². The Morgan fingerprint density at radius 1 is 1.15 bits per heavy atom. The summed E-state index contributed by atoms with van der Waals surface area (Å²) in [6, 6.07) is 11.7. The highest BCUT2D eigenvalue weighted by molar-refractivity contribution is 6.36. The normalized spacial score (nSPS) is 11.2. The molecule has 0 spiro atoms. The van der Waals surface area contributed by atoms with Crippen molar-refractivity contribution in [1.82, 2.24) is 9.61 Å². The first-order chi connectivity index (χ1) is 9.61. The average molecular weight is 305 g/mol. The molecule has 0 aliphatic heterocycles. The maximum Gasteiger partial charge on any atom is 0.0740 e. The number of rotatable bonds is 2. The van der Waals surface area contributed by atoms with E-state index in [0.717, 1.165) is 28.9 Å². The van der Waals surface area contributed by atoms with Gasteiger partial charge >= 0.3 is 0 Å². The fourth-order valence-corrected chi connectivity index (χ4v) is 2.98. The molecule has 0 saturated carbocycles. The Kier molecular flexibility index (Phi) is 3.45. The molecule has 0 saturated heterocycles. The minimum Gasteiger partial charge on any atom is -0.232 e. The molecule has 4 heteroatoms. The van der Waals surface area contributed by atoms with E-state index in [1.165, 1.54) is 5.56 Å². The lowest BCUT2D eigenvalue weighted by atomic mass is 10.1. The second-order valence-electron chi connectivity index (χ2n) is 4.76. The summed E-state index contributed by atoms with van der Waals surface area (Å²) in [6.07, 6.45) is 0.918. The lowest BCUT2D eigenvalue weighted by Crippen LogP contribution is -1.94. The van der Waals surface area contributed by atoms with Crippen molar-refractivity contribution < 1.29 is 0 Å². The van der Waals surface area contributed by atoms with E-state index < -0.39 is 0 Å². The first kappa shape index (κ1) is 13.5. The number of hydrogen-bond donors (Lipinski definition) is 0. The minimum atomic E-state index is 0.635. The highest BCUT2D eigenvalue weighted by Crippen LogP contribution is 2.31. The molecule has 0 N–H and O–H groups in total. The van der Waals surface area contributed by atoms with Crippen LogP contribution in [0.3, 0.4) is 0 Å². The van der Waals surface area contributed by atoms with Crippen LogP contribution < -0.4 is 0 Å². The quantitative estimate of drug-likeness (QED) is 0.637. The number of halogens is 2. The van der Waals surface area contributed by atoms with Crippen LogP contribution in [0.5, 0.6) is 0 Å². The van der Waals surface area contributed by atoms with Crippen molar-refractivity contribution in [3.8, 4) is 11.3 Å². The zero-order valence-electron chi connectivity index (χ0n) is 11.3. The van der Waals surface area contributed by atoms with Gasteiger partial charge in [0.05, 0.1) is 21.9 Å². The molecule has 0 amide bonds. The number of pyridine rings is 1. The standard InChI is InChI=1S/C16H14Cl2N2/c1-3-14-10(2)15-5-4-6-16(20(15)19-14)12-8-7-11(17)9-13(12)18/h4-9H,3H2,1-2H3. The number of aryl methyl sites for hydroxylation is 2. The Balaban J connectivity index is 2.31. The molecule has 2 nitrogen and oxygen atoms in total. The van der Waals surface area contributed by atoms with Crippen LogP contribution in [0, 0.1) is 6.92 Å². The van der Waals surface area contributed by atoms with Crippen LogP contribution in [0.2, 0.25) is 10.0 Å². The molecule has 2 heterocycles. The summed E-state index contributed by atoms with van der Waals surface area (Å²) in [6.45, 7) is 4.22. The second kappa shape index (κ2) is 5.12. The van der Waals surface area contributed by atoms with Gasteiger partial charge in [0.25, 0.3) is 0 Å². The van der Waals surface area contributed by atoms with Crippen molar-refractivity contribution in [2.24, 2.45) is 0 Å². The first-order valence-corrected chi connectivity index (χ1v) is 7.30. The van der Waals surface area contributed by atoms with E-state index in [1.807, 2.05) is 28.8 Å². The number of hydrogen-bond acceptors (Lipinski definition) is 1. The van der Waals surface area contributed by atoms with Gasteiger partial charge in [-0.1, -0.05) is 36.2 Å². The highest BCUT2D eigenvalue weighted by atomic mass is 35.5. The smallest absolute Gasteiger partial charge is 0.0740 e. The van der Waals surface area contributed by atoms with Gasteiger partial charge in [0, 0.05) is 10.6 Å². The average Bonchev–Trinajstić information content (AvgIpc) is 2.76. The first-order valence-electron chi connectivity index (χ1n) is 6.54. The summed E-state index contributed by atoms with van der Waals surface area (Å²) in [5, 5.41) is 5.97. The predicted molar refractivity (Wildman–Crippen MR) is 84.8 cm³/mol. The highest BCUT2D eigenvalue weighted by Gasteiger charge is 2.12. The number of benzene rings is 1. The topological polar surface area (TPSA) is 17.3 Å². The Bertz CT molecular complexity index is 791. The van der Waals surface area contributed by atoms with Gasteiger partial charge in [-0.25, -0.2) is 4.52 Å². The fraction of sp³-hybridized carbons (Fsp3) is 0.188. The molecular formula is C16H14Cl2N2. The van der Waals surface area contributed by atoms with Gasteiger partial charge in [-0.05, 0) is 49.2 Å². The molecule has 0 fully saturated rings. The summed E-state index contributed by atoms with van der Waals surface area (Å²) >= 11 is 12.3. The zero-order chi connectivity index (χ0) is 14.3. The summed E-state index contributed by atoms with van der Waals surface area (Å²) < 4.78 is 1.96. The van der Waals surface area contributed by atoms with Gasteiger partial charge in [-0.3, -0.25) is 0 Å². The number of fused-ring (bicyclic) bond motifs is 1. The van der Waals surface area contributed by atoms with Gasteiger partial charge < -0.3 is 0 Å². The molecule has 2 aromatic heterocycles. The fourth-order valence-electron chi connectivity index (χ4n) is 2.47. The van der Waals surface area contributed by atoms with Crippen molar-refractivity contribution in [2.45, 2.75) is 20.3 Å². The van der Waals surface area contributed by atoms with E-state index in [1.54, 1.807) is 6.07 Å². The largest absolute Gasteiger partial charge is 0.232 e. The Morgan fingerprint density at radius 2 is 1.95 bits per heavy atom. The molecule has 102 valence electrons. The lowest BCUT2D eigenvalue weighted by Gasteiger charge is -2.07. The molecule has 3 rings (SSSR count). The SMILES string of the molecule is CCc1nn2c(-c3ccc(Cl)cc3Cl)cccc2c1C. The van der Waals surface area contributed by atoms with Gasteiger partial charge in [0.1, 0.15) is 0 Å². The molecule has 0 bridgehead atoms. The summed E-state index contributed by atoms with van der Waals surface area (Å²) in [5.41, 5.74) is 5.37. The molecule has 0 unspecified atom stereocenters. The molecule has 0 radical (unpaired) electrons. The van der Waals surface area contributed by atoms with Gasteiger partial charge in [-0.15, -0.1) is 0 Å². The molecule has 0 aliphatic rings. The monoisotopic (exact) mass is 304 g/mol. The molecule has 20 heavy (non-hydrogen) atoms. The Hall–Kier alpha value is -1.51. The third-order valence-corrected chi connectivity index (χ3v) is 4.09. The number of nitrogens with zero attached hydrogens (tertiary/aromatic N) is 2. The Morgan fingerprint density at radius 3 is 2.65 bits per heavy atom. The van der Waals surface area contributed by atoms with Crippen molar-refractivity contribution in [3.05, 3.63) is 57.7 Å². The third kappa shape index (κ3) is 2.09. The van der Waals surface area contributed by atoms with E-state index in [0.29, 0.717) is 10.0 Å². The van der Waals surface area contributed by atoms with Crippen LogP contribution in [0.4, 0.5) is 0 Å². The van der Waals surface area contributed by atoms with Crippen LogP contribution in [0.15, 0.2) is 36.4 Å². The van der Waals surface area contributed by atoms with Crippen LogP contribution >= 0.6 is 23.2 Å². The maximum absolute atomic E-state index is 6.32. The molecule has 0 aliphatic carbocycles. The Labute approximate surface area is 127 Å². The van der Waals surface area contributed by atoms with Crippen LogP contribution in [0.25, 0.3) is 16.8 Å². The molecule has 0 atom stereocenters.